The van der Waals surface area contributed by atoms with Crippen LogP contribution in [-0.4, -0.2) is 155 Å². The molecular formula is C49H74F3N7O10S. The predicted molar refractivity (Wildman–Crippen MR) is 261 cm³/mol. The molecule has 5 amide bonds. The van der Waals surface area contributed by atoms with Crippen molar-refractivity contribution in [3.8, 4) is 0 Å². The van der Waals surface area contributed by atoms with Gasteiger partial charge in [0.25, 0.3) is 5.91 Å². The summed E-state index contributed by atoms with van der Waals surface area (Å²) in [6, 6.07) is 8.97. The zero-order valence-corrected chi connectivity index (χ0v) is 43.5. The Morgan fingerprint density at radius 3 is 1.93 bits per heavy atom. The van der Waals surface area contributed by atoms with Crippen molar-refractivity contribution in [2.24, 2.45) is 23.7 Å². The Labute approximate surface area is 411 Å². The molecule has 1 aliphatic rings. The number of methoxy groups -OCH3 is 2. The number of likely N-dealkylation sites (tertiary alicyclic amines) is 1. The summed E-state index contributed by atoms with van der Waals surface area (Å²) in [5.74, 6) is -6.63. The van der Waals surface area contributed by atoms with Crippen LogP contribution >= 0.6 is 0 Å². The fourth-order valence-corrected chi connectivity index (χ4v) is 10.9. The zero-order valence-electron chi connectivity index (χ0n) is 42.7. The summed E-state index contributed by atoms with van der Waals surface area (Å²) in [5, 5.41) is 7.49. The van der Waals surface area contributed by atoms with Crippen LogP contribution in [0.3, 0.4) is 0 Å². The van der Waals surface area contributed by atoms with Crippen LogP contribution < -0.4 is 20.3 Å². The number of sulfonamides is 1. The van der Waals surface area contributed by atoms with Crippen molar-refractivity contribution in [3.63, 3.8) is 0 Å². The minimum absolute atomic E-state index is 0.0763. The maximum atomic E-state index is 15.2. The lowest BCUT2D eigenvalue weighted by Crippen LogP contribution is -2.74. The van der Waals surface area contributed by atoms with Crippen molar-refractivity contribution in [2.45, 2.75) is 129 Å². The number of likely N-dealkylation sites (N-methyl/N-ethyl adjacent to an activating group) is 2. The molecular weight excluding hydrogens is 936 g/mol. The number of hydrogen-bond acceptors (Lipinski definition) is 12. The molecule has 0 radical (unpaired) electrons. The minimum atomic E-state index is -5.19. The van der Waals surface area contributed by atoms with Gasteiger partial charge in [-0.25, -0.2) is 12.7 Å². The van der Waals surface area contributed by atoms with Gasteiger partial charge in [0.1, 0.15) is 30.1 Å². The molecule has 3 rings (SSSR count). The van der Waals surface area contributed by atoms with Gasteiger partial charge in [-0.1, -0.05) is 78.8 Å². The monoisotopic (exact) mass is 1010 g/mol. The van der Waals surface area contributed by atoms with E-state index in [1.54, 1.807) is 73.5 Å². The van der Waals surface area contributed by atoms with E-state index in [-0.39, 0.29) is 47.9 Å². The van der Waals surface area contributed by atoms with E-state index in [4.69, 9.17) is 9.47 Å². The summed E-state index contributed by atoms with van der Waals surface area (Å²) < 4.78 is 78.5. The molecule has 0 bridgehead atoms. The molecule has 1 aliphatic heterocycles. The third kappa shape index (κ3) is 13.9. The maximum Gasteiger partial charge on any atom is 0.471 e. The number of hydrogen-bond donors (Lipinski definition) is 3. The van der Waals surface area contributed by atoms with E-state index in [2.05, 4.69) is 15.5 Å². The molecule has 0 spiro atoms. The molecule has 392 valence electrons. The molecule has 9 atom stereocenters. The second-order valence-electron chi connectivity index (χ2n) is 19.0. The smallest absolute Gasteiger partial charge is 0.379 e. The van der Waals surface area contributed by atoms with Crippen LogP contribution in [-0.2, 0) is 54.7 Å². The maximum absolute atomic E-state index is 15.2. The lowest BCUT2D eigenvalue weighted by atomic mass is 9.80. The first kappa shape index (κ1) is 59.3. The van der Waals surface area contributed by atoms with Crippen LogP contribution in [0.1, 0.15) is 79.7 Å². The van der Waals surface area contributed by atoms with E-state index in [1.807, 2.05) is 41.5 Å². The molecule has 70 heavy (non-hydrogen) atoms. The average Bonchev–Trinajstić information content (AvgIpc) is 3.76. The minimum Gasteiger partial charge on any atom is -0.379 e. The normalized spacial score (nSPS) is 18.5. The lowest BCUT2D eigenvalue weighted by molar-refractivity contribution is -0.198. The summed E-state index contributed by atoms with van der Waals surface area (Å²) in [6.45, 7) is 13.4. The molecule has 17 nitrogen and oxygen atoms in total. The Balaban J connectivity index is 2.14. The third-order valence-corrected chi connectivity index (χ3v) is 14.4. The van der Waals surface area contributed by atoms with Crippen LogP contribution in [0, 0.1) is 23.7 Å². The van der Waals surface area contributed by atoms with Gasteiger partial charge in [-0.15, -0.1) is 0 Å². The van der Waals surface area contributed by atoms with Crippen LogP contribution in [0.5, 0.6) is 0 Å². The quantitative estimate of drug-likeness (QED) is 0.114. The number of nitrogens with zero attached hydrogens (tertiary/aromatic N) is 4. The molecule has 3 N–H and O–H groups in total. The summed E-state index contributed by atoms with van der Waals surface area (Å²) in [5.41, 5.74) is -1.39. The van der Waals surface area contributed by atoms with Crippen LogP contribution in [0.4, 0.5) is 24.5 Å². The number of aldehydes is 1. The Morgan fingerprint density at radius 2 is 1.46 bits per heavy atom. The van der Waals surface area contributed by atoms with Gasteiger partial charge in [-0.3, -0.25) is 33.8 Å². The highest BCUT2D eigenvalue weighted by atomic mass is 32.2. The van der Waals surface area contributed by atoms with E-state index in [0.29, 0.717) is 35.7 Å². The van der Waals surface area contributed by atoms with Crippen molar-refractivity contribution < 1.29 is 59.8 Å². The van der Waals surface area contributed by atoms with Gasteiger partial charge in [0, 0.05) is 52.4 Å². The number of carbonyl (C=O) groups is 6. The Kier molecular flexibility index (Phi) is 21.6. The number of anilines is 2. The van der Waals surface area contributed by atoms with Gasteiger partial charge in [0.15, 0.2) is 0 Å². The summed E-state index contributed by atoms with van der Waals surface area (Å²) in [4.78, 5) is 87.9. The first-order valence-electron chi connectivity index (χ1n) is 23.5. The van der Waals surface area contributed by atoms with Gasteiger partial charge < -0.3 is 35.1 Å². The molecule has 2 aromatic rings. The third-order valence-electron chi connectivity index (χ3n) is 13.3. The van der Waals surface area contributed by atoms with Crippen molar-refractivity contribution in [1.82, 2.24) is 25.3 Å². The number of alkyl halides is 3. The van der Waals surface area contributed by atoms with Crippen molar-refractivity contribution in [2.75, 3.05) is 57.8 Å². The Hall–Kier alpha value is -4.96. The highest BCUT2D eigenvalue weighted by molar-refractivity contribution is 7.92. The second kappa shape index (κ2) is 25.4. The molecule has 1 saturated heterocycles. The first-order valence-corrected chi connectivity index (χ1v) is 25.4. The highest BCUT2D eigenvalue weighted by Crippen LogP contribution is 2.44. The van der Waals surface area contributed by atoms with E-state index in [0.717, 1.165) is 36.8 Å². The van der Waals surface area contributed by atoms with E-state index >= 15 is 4.79 Å². The first-order chi connectivity index (χ1) is 32.6. The molecule has 1 fully saturated rings. The molecule has 0 unspecified atom stereocenters. The van der Waals surface area contributed by atoms with Crippen molar-refractivity contribution in [1.29, 1.82) is 0 Å². The van der Waals surface area contributed by atoms with Gasteiger partial charge in [0.05, 0.1) is 30.0 Å². The fourth-order valence-electron chi connectivity index (χ4n) is 9.91. The average molecular weight is 1010 g/mol. The molecule has 0 saturated carbocycles. The number of nitrogens with one attached hydrogen (secondary N) is 3. The van der Waals surface area contributed by atoms with Crippen LogP contribution in [0.2, 0.25) is 0 Å². The SMILES string of the molecule is CC[C@@H](C)[C@]([C@@H](CC=O)OC)(N(C)C(=O)[C@@H](NC(=O)[C@H](C(C)C)N(C)C)C(C)C)N1CCC[C@H]1[C@H](OC)[C@@H](C)C(=O)N[C@@H](Cc1ccccc1)C(=O)N(c1ccc(NC(=O)C(F)(F)F)cc1)S(C)(=O)=O. The summed E-state index contributed by atoms with van der Waals surface area (Å²) in [6.07, 6.45) is -4.29. The number of amides is 5. The van der Waals surface area contributed by atoms with Crippen LogP contribution in [0.25, 0.3) is 0 Å². The number of benzene rings is 2. The van der Waals surface area contributed by atoms with Gasteiger partial charge in [0.2, 0.25) is 27.7 Å². The van der Waals surface area contributed by atoms with E-state index in [1.165, 1.54) is 14.2 Å². The number of ether oxygens (including phenoxy) is 2. The van der Waals surface area contributed by atoms with Crippen LogP contribution in [0.15, 0.2) is 54.6 Å². The topological polar surface area (TPSA) is 204 Å². The Bertz CT molecular complexity index is 2190. The number of carbonyl (C=O) groups excluding carboxylic acids is 6. The fraction of sp³-hybridized carbons (Fsp3) is 0.633. The van der Waals surface area contributed by atoms with Crippen molar-refractivity contribution in [3.05, 3.63) is 60.2 Å². The standard InChI is InChI=1S/C49H74F3N7O10S/c1-14-32(6)48(39(68-11)26-28-60,57(10)46(64)40(30(2)3)55-44(62)41(31(4)5)56(8)9)58-27-18-21-38(58)42(69-12)33(7)43(61)54-37(29-34-19-16-15-17-20-34)45(63)59(70(13,66)67)36-24-22-35(23-25-36)53-47(65)49(50,51)52/h15-17,19-20,22-25,28,30-33,37-42H,14,18,21,26-27,29H2,1-13H3,(H,53,65)(H,54,61)(H,55,62)/t32-,33-,37+,38+,39-,40+,41+,42-,48+/m1/s1. The summed E-state index contributed by atoms with van der Waals surface area (Å²) in [7, 11) is 3.68. The van der Waals surface area contributed by atoms with E-state index < -0.39 is 87.8 Å². The molecule has 1 heterocycles. The number of halogens is 3. The van der Waals surface area contributed by atoms with Gasteiger partial charge in [-0.2, -0.15) is 13.2 Å². The zero-order chi connectivity index (χ0) is 53.1. The number of rotatable bonds is 25. The van der Waals surface area contributed by atoms with Gasteiger partial charge in [-0.05, 0) is 80.9 Å². The lowest BCUT2D eigenvalue weighted by Gasteiger charge is -2.58. The van der Waals surface area contributed by atoms with E-state index in [9.17, 15) is 45.6 Å². The molecule has 0 aliphatic carbocycles. The molecule has 2 aromatic carbocycles. The second-order valence-corrected chi connectivity index (χ2v) is 20.8. The molecule has 21 heteroatoms. The van der Waals surface area contributed by atoms with Gasteiger partial charge >= 0.3 is 12.1 Å². The van der Waals surface area contributed by atoms with Crippen molar-refractivity contribution >= 4 is 57.2 Å². The Morgan fingerprint density at radius 1 is 0.857 bits per heavy atom. The highest BCUT2D eigenvalue weighted by Gasteiger charge is 2.58. The molecule has 0 aromatic heterocycles. The largest absolute Gasteiger partial charge is 0.471 e. The predicted octanol–water partition coefficient (Wildman–Crippen LogP) is 4.85. The summed E-state index contributed by atoms with van der Waals surface area (Å²) >= 11 is 0.